The predicted octanol–water partition coefficient (Wildman–Crippen LogP) is 24.1. The van der Waals surface area contributed by atoms with Crippen LogP contribution in [-0.4, -0.2) is 19.5 Å². The van der Waals surface area contributed by atoms with Crippen molar-refractivity contribution >= 4 is 109 Å². The number of allylic oxidation sites excluding steroid dienone is 2. The third kappa shape index (κ3) is 10.3. The quantitative estimate of drug-likeness (QED) is 0.134. The van der Waals surface area contributed by atoms with Crippen LogP contribution in [0.4, 0.5) is 62.6 Å². The molecule has 5 nitrogen and oxygen atoms in total. The molecule has 5 aliphatic heterocycles. The average molecular weight is 1470 g/mol. The number of hydrogen-bond donors (Lipinski definition) is 0. The van der Waals surface area contributed by atoms with Crippen LogP contribution >= 0.6 is 0 Å². The number of hydrogen-bond acceptors (Lipinski definition) is 5. The Morgan fingerprint density at radius 2 is 0.825 bits per heavy atom. The van der Waals surface area contributed by atoms with Gasteiger partial charge in [0.2, 0.25) is 0 Å². The second-order valence-electron chi connectivity index (χ2n) is 34.0. The van der Waals surface area contributed by atoms with Crippen molar-refractivity contribution in [3.05, 3.63) is 380 Å². The molecule has 2 aliphatic carbocycles. The lowest BCUT2D eigenvalue weighted by Gasteiger charge is -2.47. The van der Waals surface area contributed by atoms with E-state index in [-0.39, 0.29) is 58.4 Å². The molecule has 7 aliphatic rings. The normalized spacial score (nSPS) is 17.2. The van der Waals surface area contributed by atoms with Gasteiger partial charge in [-0.3, -0.25) is 0 Å². The molecule has 2 atom stereocenters. The van der Waals surface area contributed by atoms with Gasteiger partial charge < -0.3 is 24.3 Å². The maximum absolute atomic E-state index is 10.3. The van der Waals surface area contributed by atoms with Crippen LogP contribution in [0.25, 0.3) is 66.8 Å². The molecule has 0 N–H and O–H groups in total. The largest absolute Gasteiger partial charge is 0.458 e. The maximum Gasteiger partial charge on any atom is 0.256 e. The average Bonchev–Trinajstić information content (AvgIpc) is 0.847. The van der Waals surface area contributed by atoms with Crippen molar-refractivity contribution in [3.63, 3.8) is 0 Å². The van der Waals surface area contributed by atoms with E-state index in [2.05, 4.69) is 373 Å². The van der Waals surface area contributed by atoms with Crippen molar-refractivity contribution in [2.24, 2.45) is 0 Å². The van der Waals surface area contributed by atoms with Gasteiger partial charge in [0.05, 0.1) is 28.4 Å². The zero-order valence-electron chi connectivity index (χ0n) is 72.9. The van der Waals surface area contributed by atoms with Gasteiger partial charge in [-0.1, -0.05) is 322 Å². The van der Waals surface area contributed by atoms with Crippen molar-refractivity contribution in [1.82, 2.24) is 0 Å². The van der Waals surface area contributed by atoms with Gasteiger partial charge in [-0.25, -0.2) is 0 Å². The summed E-state index contributed by atoms with van der Waals surface area (Å²) in [7, 11) is 0. The van der Waals surface area contributed by atoms with Crippen molar-refractivity contribution in [1.29, 1.82) is 0 Å². The molecule has 544 valence electrons. The molecule has 15 aromatic carbocycles. The molecular weight excluding hydrogens is 1380 g/mol. The summed E-state index contributed by atoms with van der Waals surface area (Å²) >= 11 is 0. The lowest BCUT2D eigenvalue weighted by atomic mass is 9.30. The molecule has 0 amide bonds. The zero-order chi connectivity index (χ0) is 83.6. The van der Waals surface area contributed by atoms with Gasteiger partial charge in [0, 0.05) is 90.8 Å². The molecule has 0 saturated heterocycles. The minimum atomic E-state index is -1.27. The SMILES string of the molecule is [2H]C1=C([2H])C2c3c([2H])c([2H])c([2H])c([2H])c3N(c3cc4c5c(c3)N(c3c(-c6ccccc6)cc(C(C)(C)C)cc3-c3ccccc3)c3cc6c(cc3B5c3ccccc3N4c3c(-c4ccccc4)cc(C(C)(C)C)cc3-c3ccccc3)B3c4ccccc4N(c4ccccc4)c4cc(-c5cccc7c5C(C)(C)c5ccccc5-7)cc(c43)O6)C2C([2H])=C1[2H]. The standard InChI is InChI=1S/C107H84B2N4O/c1-105(2,3)72-59-81(67-35-14-9-15-36-67)103(82(60-72)68-37-16-10-17-38-68)112-93-56-33-29-52-87(93)108-88-65-89-98(114-99-58-71(76-48-34-49-80-77-45-24-27-50-85(77)107(7,8)100(76)80)57-95-102(99)109(89)86-51-28-32-55-92(86)110(95)74-43-22-13-23-44-74)66-94(88)113(97-64-75(63-96(112)101(97)108)111-90-53-30-25-46-78(90)79-47-26-31-54-91(79)111)104-83(69-39-18-11-19-40-69)61-73(106(4,5)6)62-84(104)70-41-20-12-21-42-70/h9-66,78,90H,1-8H3/i25D,26D,30D,31D,46D,47D,53D,54D. The van der Waals surface area contributed by atoms with Crippen LogP contribution in [0, 0.1) is 0 Å². The number of fused-ring (bicyclic) bond motifs is 14. The van der Waals surface area contributed by atoms with Crippen LogP contribution < -0.4 is 57.1 Å². The van der Waals surface area contributed by atoms with Gasteiger partial charge in [0.25, 0.3) is 13.4 Å². The lowest BCUT2D eigenvalue weighted by molar-refractivity contribution is 0.488. The molecule has 0 radical (unpaired) electrons. The monoisotopic (exact) mass is 1470 g/mol. The van der Waals surface area contributed by atoms with E-state index in [1.54, 1.807) is 0 Å². The highest BCUT2D eigenvalue weighted by Gasteiger charge is 2.51. The first kappa shape index (κ1) is 59.7. The second kappa shape index (κ2) is 25.5. The smallest absolute Gasteiger partial charge is 0.256 e. The van der Waals surface area contributed by atoms with Crippen molar-refractivity contribution in [3.8, 4) is 78.3 Å². The molecule has 0 aromatic heterocycles. The summed E-state index contributed by atoms with van der Waals surface area (Å²) in [5, 5.41) is 0. The van der Waals surface area contributed by atoms with Crippen LogP contribution in [0.15, 0.2) is 352 Å². The van der Waals surface area contributed by atoms with Crippen LogP contribution in [-0.2, 0) is 16.2 Å². The van der Waals surface area contributed by atoms with E-state index in [1.807, 2.05) is 4.90 Å². The minimum Gasteiger partial charge on any atom is -0.458 e. The fourth-order valence-electron chi connectivity index (χ4n) is 19.8. The Balaban J connectivity index is 0.913. The predicted molar refractivity (Wildman–Crippen MR) is 482 cm³/mol. The molecular formula is C107H84B2N4O. The number of anilines is 11. The minimum absolute atomic E-state index is 0.0817. The van der Waals surface area contributed by atoms with E-state index in [0.29, 0.717) is 11.4 Å². The number of benzene rings is 15. The Labute approximate surface area is 681 Å². The summed E-state index contributed by atoms with van der Waals surface area (Å²) in [6.45, 7) is 17.4. The molecule has 0 fully saturated rings. The first-order chi connectivity index (χ1) is 58.9. The summed E-state index contributed by atoms with van der Waals surface area (Å²) in [5.41, 5.74) is 30.9. The Morgan fingerprint density at radius 3 is 1.40 bits per heavy atom. The van der Waals surface area contributed by atoms with Crippen LogP contribution in [0.3, 0.4) is 0 Å². The van der Waals surface area contributed by atoms with Crippen molar-refractivity contribution < 1.29 is 15.7 Å². The topological polar surface area (TPSA) is 22.2 Å². The highest BCUT2D eigenvalue weighted by Crippen LogP contribution is 2.59. The highest BCUT2D eigenvalue weighted by atomic mass is 16.5. The first-order valence-corrected chi connectivity index (χ1v) is 39.9. The Hall–Kier alpha value is -13.1. The maximum atomic E-state index is 10.3. The summed E-state index contributed by atoms with van der Waals surface area (Å²) in [6.07, 6.45) is 0. The van der Waals surface area contributed by atoms with Gasteiger partial charge in [-0.15, -0.1) is 0 Å². The Morgan fingerprint density at radius 1 is 0.351 bits per heavy atom. The number of ether oxygens (including phenoxy) is 1. The third-order valence-electron chi connectivity index (χ3n) is 25.0. The Kier molecular flexibility index (Phi) is 13.3. The molecule has 2 unspecified atom stereocenters. The van der Waals surface area contributed by atoms with Gasteiger partial charge in [-0.05, 0) is 195 Å². The van der Waals surface area contributed by atoms with E-state index in [9.17, 15) is 11.0 Å². The first-order valence-electron chi connectivity index (χ1n) is 43.9. The molecule has 0 bridgehead atoms. The number of rotatable bonds is 9. The summed E-state index contributed by atoms with van der Waals surface area (Å²) in [4.78, 5) is 9.19. The van der Waals surface area contributed by atoms with Gasteiger partial charge >= 0.3 is 0 Å². The molecule has 15 aromatic rings. The molecule has 7 heteroatoms. The Bertz CT molecular complexity index is 6940. The van der Waals surface area contributed by atoms with Crippen molar-refractivity contribution in [2.45, 2.75) is 83.6 Å². The van der Waals surface area contributed by atoms with Crippen LogP contribution in [0.2, 0.25) is 0 Å². The zero-order valence-corrected chi connectivity index (χ0v) is 64.9. The molecule has 22 rings (SSSR count). The van der Waals surface area contributed by atoms with Gasteiger partial charge in [0.1, 0.15) is 11.5 Å². The molecule has 5 heterocycles. The fraction of sp³-hybridized carbons (Fsp3) is 0.121. The van der Waals surface area contributed by atoms with Crippen LogP contribution in [0.5, 0.6) is 11.5 Å². The number of nitrogens with zero attached hydrogens (tertiary/aromatic N) is 4. The van der Waals surface area contributed by atoms with E-state index in [1.165, 1.54) is 22.3 Å². The van der Waals surface area contributed by atoms with Crippen LogP contribution in [0.1, 0.15) is 100 Å². The van der Waals surface area contributed by atoms with E-state index < -0.39 is 42.9 Å². The second-order valence-corrected chi connectivity index (χ2v) is 34.0. The molecule has 114 heavy (non-hydrogen) atoms. The fourth-order valence-corrected chi connectivity index (χ4v) is 19.8. The molecule has 0 spiro atoms. The van der Waals surface area contributed by atoms with Crippen molar-refractivity contribution in [2.75, 3.05) is 19.6 Å². The summed E-state index contributed by atoms with van der Waals surface area (Å²) in [5.74, 6) is 0.165. The molecule has 0 saturated carbocycles. The summed E-state index contributed by atoms with van der Waals surface area (Å²) in [6, 6.07) is 106. The summed E-state index contributed by atoms with van der Waals surface area (Å²) < 4.78 is 86.8. The highest BCUT2D eigenvalue weighted by molar-refractivity contribution is 7.02. The van der Waals surface area contributed by atoms with E-state index in [0.717, 1.165) is 156 Å². The van der Waals surface area contributed by atoms with E-state index >= 15 is 0 Å². The van der Waals surface area contributed by atoms with Gasteiger partial charge in [-0.2, -0.15) is 0 Å². The van der Waals surface area contributed by atoms with E-state index in [4.69, 9.17) is 4.74 Å². The van der Waals surface area contributed by atoms with Gasteiger partial charge in [0.15, 0.2) is 0 Å². The third-order valence-corrected chi connectivity index (χ3v) is 25.0. The lowest BCUT2D eigenvalue weighted by Crippen LogP contribution is -2.64. The number of para-hydroxylation sites is 4.